The van der Waals surface area contributed by atoms with Gasteiger partial charge < -0.3 is 4.90 Å². The van der Waals surface area contributed by atoms with Gasteiger partial charge in [-0.3, -0.25) is 24.5 Å². The van der Waals surface area contributed by atoms with Crippen molar-refractivity contribution in [1.82, 2.24) is 19.6 Å². The van der Waals surface area contributed by atoms with Gasteiger partial charge in [0.25, 0.3) is 5.91 Å². The first kappa shape index (κ1) is 19.6. The monoisotopic (exact) mass is 411 g/mol. The van der Waals surface area contributed by atoms with Crippen LogP contribution in [0.15, 0.2) is 18.2 Å². The molecule has 144 valence electrons. The van der Waals surface area contributed by atoms with E-state index < -0.39 is 4.92 Å². The molecule has 1 amide bonds. The third-order valence-electron chi connectivity index (χ3n) is 4.63. The van der Waals surface area contributed by atoms with Gasteiger partial charge in [0.1, 0.15) is 5.69 Å². The van der Waals surface area contributed by atoms with Crippen LogP contribution in [0.25, 0.3) is 0 Å². The third kappa shape index (κ3) is 4.07. The molecule has 0 spiro atoms. The minimum atomic E-state index is -0.546. The summed E-state index contributed by atoms with van der Waals surface area (Å²) in [4.78, 5) is 27.4. The Bertz CT molecular complexity index is 891. The number of carbonyl (C=O) groups excluding carboxylic acids is 1. The topological polar surface area (TPSA) is 84.5 Å². The average Bonchev–Trinajstić information content (AvgIpc) is 2.92. The number of nitrogens with zero attached hydrogens (tertiary/aromatic N) is 5. The van der Waals surface area contributed by atoms with Crippen molar-refractivity contribution in [1.29, 1.82) is 0 Å². The fourth-order valence-corrected chi connectivity index (χ4v) is 3.58. The van der Waals surface area contributed by atoms with Crippen molar-refractivity contribution in [2.75, 3.05) is 26.2 Å². The molecule has 1 saturated heterocycles. The Labute approximate surface area is 166 Å². The highest BCUT2D eigenvalue weighted by Gasteiger charge is 2.33. The standard InChI is InChI=1S/C17H19Cl2N5O3/c1-11-15(24(26)27)16(21(2)20-11)17(25)23-7-5-22(6-8-23)10-12-3-4-13(18)14(19)9-12/h3-4,9H,5-8,10H2,1-2H3. The molecule has 0 bridgehead atoms. The molecule has 2 heterocycles. The lowest BCUT2D eigenvalue weighted by molar-refractivity contribution is -0.385. The van der Waals surface area contributed by atoms with Crippen molar-refractivity contribution in [3.05, 3.63) is 55.3 Å². The number of aromatic nitrogens is 2. The molecule has 8 nitrogen and oxygen atoms in total. The predicted octanol–water partition coefficient (Wildman–Crippen LogP) is 2.90. The van der Waals surface area contributed by atoms with Crippen LogP contribution in [0, 0.1) is 17.0 Å². The molecule has 1 aromatic carbocycles. The molecule has 0 radical (unpaired) electrons. The van der Waals surface area contributed by atoms with E-state index >= 15 is 0 Å². The minimum Gasteiger partial charge on any atom is -0.335 e. The van der Waals surface area contributed by atoms with Crippen molar-refractivity contribution < 1.29 is 9.72 Å². The molecule has 0 unspecified atom stereocenters. The van der Waals surface area contributed by atoms with Crippen LogP contribution < -0.4 is 0 Å². The Morgan fingerprint density at radius 3 is 2.48 bits per heavy atom. The summed E-state index contributed by atoms with van der Waals surface area (Å²) in [6.45, 7) is 4.53. The van der Waals surface area contributed by atoms with Crippen molar-refractivity contribution in [3.8, 4) is 0 Å². The fraction of sp³-hybridized carbons (Fsp3) is 0.412. The number of piperazine rings is 1. The summed E-state index contributed by atoms with van der Waals surface area (Å²) in [6.07, 6.45) is 0. The van der Waals surface area contributed by atoms with Crippen LogP contribution in [0.1, 0.15) is 21.7 Å². The Hall–Kier alpha value is -2.16. The zero-order valence-corrected chi connectivity index (χ0v) is 16.5. The maximum atomic E-state index is 12.8. The molecule has 0 aliphatic carbocycles. The molecular formula is C17H19Cl2N5O3. The van der Waals surface area contributed by atoms with Gasteiger partial charge in [0, 0.05) is 39.8 Å². The molecule has 1 aromatic heterocycles. The number of halogens is 2. The number of rotatable bonds is 4. The number of hydrogen-bond donors (Lipinski definition) is 0. The van der Waals surface area contributed by atoms with Gasteiger partial charge in [-0.1, -0.05) is 29.3 Å². The summed E-state index contributed by atoms with van der Waals surface area (Å²) >= 11 is 12.0. The number of hydrogen-bond acceptors (Lipinski definition) is 5. The van der Waals surface area contributed by atoms with Crippen LogP contribution in [0.4, 0.5) is 5.69 Å². The Kier molecular flexibility index (Phi) is 5.69. The summed E-state index contributed by atoms with van der Waals surface area (Å²) in [6, 6.07) is 5.53. The zero-order chi connectivity index (χ0) is 19.7. The van der Waals surface area contributed by atoms with Crippen molar-refractivity contribution in [2.24, 2.45) is 7.05 Å². The van der Waals surface area contributed by atoms with E-state index in [1.54, 1.807) is 18.0 Å². The molecule has 27 heavy (non-hydrogen) atoms. The first-order chi connectivity index (χ1) is 12.8. The van der Waals surface area contributed by atoms with Crippen LogP contribution in [0.5, 0.6) is 0 Å². The van der Waals surface area contributed by atoms with Gasteiger partial charge in [0.05, 0.1) is 15.0 Å². The lowest BCUT2D eigenvalue weighted by Crippen LogP contribution is -2.48. The number of benzene rings is 1. The van der Waals surface area contributed by atoms with Gasteiger partial charge in [0.15, 0.2) is 0 Å². The molecule has 0 atom stereocenters. The van der Waals surface area contributed by atoms with E-state index in [4.69, 9.17) is 23.2 Å². The molecule has 1 aliphatic heterocycles. The first-order valence-electron chi connectivity index (χ1n) is 8.41. The third-order valence-corrected chi connectivity index (χ3v) is 5.36. The van der Waals surface area contributed by atoms with E-state index in [2.05, 4.69) is 10.00 Å². The Balaban J connectivity index is 1.66. The second kappa shape index (κ2) is 7.84. The SMILES string of the molecule is Cc1nn(C)c(C(=O)N2CCN(Cc3ccc(Cl)c(Cl)c3)CC2)c1[N+](=O)[O-]. The Morgan fingerprint density at radius 1 is 1.22 bits per heavy atom. The van der Waals surface area contributed by atoms with Crippen molar-refractivity contribution in [2.45, 2.75) is 13.5 Å². The summed E-state index contributed by atoms with van der Waals surface area (Å²) < 4.78 is 1.29. The molecule has 10 heteroatoms. The number of aryl methyl sites for hydroxylation is 2. The van der Waals surface area contributed by atoms with Gasteiger partial charge in [-0.2, -0.15) is 5.10 Å². The summed E-state index contributed by atoms with van der Waals surface area (Å²) in [7, 11) is 1.55. The van der Waals surface area contributed by atoms with Gasteiger partial charge in [-0.15, -0.1) is 0 Å². The van der Waals surface area contributed by atoms with Crippen molar-refractivity contribution in [3.63, 3.8) is 0 Å². The zero-order valence-electron chi connectivity index (χ0n) is 15.0. The summed E-state index contributed by atoms with van der Waals surface area (Å²) in [5.74, 6) is -0.362. The predicted molar refractivity (Wildman–Crippen MR) is 102 cm³/mol. The second-order valence-corrected chi connectivity index (χ2v) is 7.29. The molecular weight excluding hydrogens is 393 g/mol. The fourth-order valence-electron chi connectivity index (χ4n) is 3.26. The molecule has 1 fully saturated rings. The molecule has 0 saturated carbocycles. The molecule has 0 N–H and O–H groups in total. The van der Waals surface area contributed by atoms with E-state index in [-0.39, 0.29) is 23.0 Å². The number of carbonyl (C=O) groups is 1. The van der Waals surface area contributed by atoms with Crippen LogP contribution in [-0.2, 0) is 13.6 Å². The van der Waals surface area contributed by atoms with E-state index in [1.807, 2.05) is 12.1 Å². The van der Waals surface area contributed by atoms with E-state index in [0.29, 0.717) is 42.8 Å². The smallest absolute Gasteiger partial charge is 0.322 e. The van der Waals surface area contributed by atoms with Gasteiger partial charge in [-0.05, 0) is 24.6 Å². The maximum absolute atomic E-state index is 12.8. The quantitative estimate of drug-likeness (QED) is 0.570. The minimum absolute atomic E-state index is 0.0235. The number of nitro groups is 1. The Morgan fingerprint density at radius 2 is 1.89 bits per heavy atom. The van der Waals surface area contributed by atoms with E-state index in [0.717, 1.165) is 5.56 Å². The van der Waals surface area contributed by atoms with Gasteiger partial charge in [0.2, 0.25) is 5.69 Å². The molecule has 3 rings (SSSR count). The normalized spacial score (nSPS) is 15.2. The highest BCUT2D eigenvalue weighted by Crippen LogP contribution is 2.25. The van der Waals surface area contributed by atoms with Crippen LogP contribution >= 0.6 is 23.2 Å². The average molecular weight is 412 g/mol. The first-order valence-corrected chi connectivity index (χ1v) is 9.17. The largest absolute Gasteiger partial charge is 0.335 e. The van der Waals surface area contributed by atoms with Crippen LogP contribution in [0.3, 0.4) is 0 Å². The highest BCUT2D eigenvalue weighted by atomic mass is 35.5. The molecule has 2 aromatic rings. The summed E-state index contributed by atoms with van der Waals surface area (Å²) in [5, 5.41) is 16.4. The van der Waals surface area contributed by atoms with Crippen LogP contribution in [-0.4, -0.2) is 56.6 Å². The molecule has 1 aliphatic rings. The van der Waals surface area contributed by atoms with Crippen molar-refractivity contribution >= 4 is 34.8 Å². The number of amides is 1. The summed E-state index contributed by atoms with van der Waals surface area (Å²) in [5.41, 5.74) is 1.09. The van der Waals surface area contributed by atoms with E-state index in [9.17, 15) is 14.9 Å². The highest BCUT2D eigenvalue weighted by molar-refractivity contribution is 6.42. The second-order valence-electron chi connectivity index (χ2n) is 6.48. The van der Waals surface area contributed by atoms with Gasteiger partial charge in [-0.25, -0.2) is 0 Å². The van der Waals surface area contributed by atoms with E-state index in [1.165, 1.54) is 11.6 Å². The maximum Gasteiger partial charge on any atom is 0.322 e. The van der Waals surface area contributed by atoms with Crippen LogP contribution in [0.2, 0.25) is 10.0 Å². The van der Waals surface area contributed by atoms with Gasteiger partial charge >= 0.3 is 5.69 Å². The lowest BCUT2D eigenvalue weighted by atomic mass is 10.2. The lowest BCUT2D eigenvalue weighted by Gasteiger charge is -2.34.